The lowest BCUT2D eigenvalue weighted by Crippen LogP contribution is -2.57. The number of rotatable bonds is 2. The SMILES string of the molecule is CN(C)C(=O)N1C[C@@H]2C(=O)N(C)C3(CCN(S(=O)(=O)c4ccccc4)CC3)[C@@H]2C1. The second kappa shape index (κ2) is 6.98. The van der Waals surface area contributed by atoms with Crippen LogP contribution in [0, 0.1) is 11.8 Å². The molecule has 0 N–H and O–H groups in total. The van der Waals surface area contributed by atoms with Crippen LogP contribution in [0.1, 0.15) is 12.8 Å². The molecule has 8 nitrogen and oxygen atoms in total. The van der Waals surface area contributed by atoms with Crippen LogP contribution in [0.4, 0.5) is 4.79 Å². The van der Waals surface area contributed by atoms with Crippen LogP contribution < -0.4 is 0 Å². The number of hydrogen-bond acceptors (Lipinski definition) is 4. The molecule has 0 unspecified atom stereocenters. The molecule has 1 spiro atoms. The quantitative estimate of drug-likeness (QED) is 0.712. The van der Waals surface area contributed by atoms with Crippen LogP contribution in [0.3, 0.4) is 0 Å². The van der Waals surface area contributed by atoms with Gasteiger partial charge in [-0.05, 0) is 25.0 Å². The van der Waals surface area contributed by atoms with Crippen molar-refractivity contribution in [1.29, 1.82) is 0 Å². The van der Waals surface area contributed by atoms with Crippen LogP contribution in [-0.4, -0.2) is 92.2 Å². The summed E-state index contributed by atoms with van der Waals surface area (Å²) in [6.07, 6.45) is 1.18. The first-order valence-electron chi connectivity index (χ1n) is 9.97. The Morgan fingerprint density at radius 2 is 1.72 bits per heavy atom. The van der Waals surface area contributed by atoms with Gasteiger partial charge in [0, 0.05) is 53.2 Å². The molecule has 2 atom stereocenters. The van der Waals surface area contributed by atoms with Crippen LogP contribution in [-0.2, 0) is 14.8 Å². The smallest absolute Gasteiger partial charge is 0.319 e. The molecule has 4 rings (SSSR count). The summed E-state index contributed by atoms with van der Waals surface area (Å²) in [6, 6.07) is 8.40. The summed E-state index contributed by atoms with van der Waals surface area (Å²) < 4.78 is 27.5. The summed E-state index contributed by atoms with van der Waals surface area (Å²) in [5, 5.41) is 0. The molecule has 3 aliphatic rings. The largest absolute Gasteiger partial charge is 0.339 e. The van der Waals surface area contributed by atoms with Crippen molar-refractivity contribution in [3.8, 4) is 0 Å². The maximum absolute atomic E-state index is 13.0. The molecule has 0 aliphatic carbocycles. The van der Waals surface area contributed by atoms with Crippen LogP contribution in [0.15, 0.2) is 35.2 Å². The third kappa shape index (κ3) is 3.02. The van der Waals surface area contributed by atoms with Crippen LogP contribution >= 0.6 is 0 Å². The molecule has 0 bridgehead atoms. The van der Waals surface area contributed by atoms with Crippen LogP contribution in [0.2, 0.25) is 0 Å². The van der Waals surface area contributed by atoms with Crippen molar-refractivity contribution >= 4 is 22.0 Å². The fourth-order valence-electron chi connectivity index (χ4n) is 5.32. The number of amides is 3. The van der Waals surface area contributed by atoms with Gasteiger partial charge in [0.15, 0.2) is 0 Å². The molecule has 1 aromatic carbocycles. The van der Waals surface area contributed by atoms with Crippen LogP contribution in [0.5, 0.6) is 0 Å². The molecule has 3 aliphatic heterocycles. The highest BCUT2D eigenvalue weighted by Crippen LogP contribution is 2.49. The van der Waals surface area contributed by atoms with Crippen molar-refractivity contribution in [2.45, 2.75) is 23.3 Å². The molecule has 9 heteroatoms. The summed E-state index contributed by atoms with van der Waals surface area (Å²) in [5.41, 5.74) is -0.383. The second-order valence-corrected chi connectivity index (χ2v) is 10.5. The van der Waals surface area contributed by atoms with Gasteiger partial charge in [-0.15, -0.1) is 0 Å². The fraction of sp³-hybridized carbons (Fsp3) is 0.600. The van der Waals surface area contributed by atoms with Gasteiger partial charge in [-0.3, -0.25) is 4.79 Å². The standard InChI is InChI=1S/C20H28N4O4S/c1-21(2)19(26)23-13-16-17(14-23)20(22(3)18(16)25)9-11-24(12-10-20)29(27,28)15-7-5-4-6-8-15/h4-8,16-17H,9-14H2,1-3H3/t16-,17+/m0/s1. The lowest BCUT2D eigenvalue weighted by molar-refractivity contribution is -0.133. The van der Waals surface area contributed by atoms with E-state index in [1.165, 1.54) is 9.21 Å². The van der Waals surface area contributed by atoms with Gasteiger partial charge >= 0.3 is 6.03 Å². The van der Waals surface area contributed by atoms with Crippen molar-refractivity contribution in [3.05, 3.63) is 30.3 Å². The topological polar surface area (TPSA) is 81.2 Å². The van der Waals surface area contributed by atoms with E-state index < -0.39 is 10.0 Å². The minimum atomic E-state index is -3.54. The van der Waals surface area contributed by atoms with E-state index in [9.17, 15) is 18.0 Å². The minimum Gasteiger partial charge on any atom is -0.339 e. The Hall–Kier alpha value is -2.13. The van der Waals surface area contributed by atoms with E-state index in [0.717, 1.165) is 0 Å². The average Bonchev–Trinajstić information content (AvgIpc) is 3.24. The van der Waals surface area contributed by atoms with Crippen molar-refractivity contribution in [1.82, 2.24) is 19.0 Å². The first kappa shape index (κ1) is 20.2. The average molecular weight is 421 g/mol. The van der Waals surface area contributed by atoms with Crippen molar-refractivity contribution in [3.63, 3.8) is 0 Å². The molecule has 0 saturated carbocycles. The summed E-state index contributed by atoms with van der Waals surface area (Å²) in [6.45, 7) is 1.74. The maximum Gasteiger partial charge on any atom is 0.319 e. The van der Waals surface area contributed by atoms with E-state index in [4.69, 9.17) is 0 Å². The van der Waals surface area contributed by atoms with E-state index in [0.29, 0.717) is 43.9 Å². The van der Waals surface area contributed by atoms with Gasteiger partial charge in [0.2, 0.25) is 15.9 Å². The third-order valence-electron chi connectivity index (χ3n) is 6.95. The Morgan fingerprint density at radius 1 is 1.10 bits per heavy atom. The molecule has 29 heavy (non-hydrogen) atoms. The number of hydrogen-bond donors (Lipinski definition) is 0. The maximum atomic E-state index is 13.0. The normalized spacial score (nSPS) is 26.8. The van der Waals surface area contributed by atoms with E-state index >= 15 is 0 Å². The summed E-state index contributed by atoms with van der Waals surface area (Å²) in [4.78, 5) is 30.8. The van der Waals surface area contributed by atoms with Crippen molar-refractivity contribution in [2.24, 2.45) is 11.8 Å². The number of carbonyl (C=O) groups is 2. The molecule has 0 aromatic heterocycles. The zero-order valence-corrected chi connectivity index (χ0v) is 17.9. The van der Waals surface area contributed by atoms with Gasteiger partial charge in [0.25, 0.3) is 0 Å². The lowest BCUT2D eigenvalue weighted by atomic mass is 9.75. The predicted molar refractivity (Wildman–Crippen MR) is 108 cm³/mol. The fourth-order valence-corrected chi connectivity index (χ4v) is 6.78. The Balaban J connectivity index is 1.54. The third-order valence-corrected chi connectivity index (χ3v) is 8.86. The van der Waals surface area contributed by atoms with E-state index in [1.807, 2.05) is 11.9 Å². The number of carbonyl (C=O) groups excluding carboxylic acids is 2. The number of sulfonamides is 1. The van der Waals surface area contributed by atoms with Gasteiger partial charge in [0.05, 0.1) is 16.4 Å². The number of likely N-dealkylation sites (tertiary alicyclic amines) is 2. The molecule has 3 amide bonds. The molecule has 158 valence electrons. The monoisotopic (exact) mass is 420 g/mol. The molecule has 3 heterocycles. The van der Waals surface area contributed by atoms with Crippen molar-refractivity contribution in [2.75, 3.05) is 47.3 Å². The van der Waals surface area contributed by atoms with Crippen LogP contribution in [0.25, 0.3) is 0 Å². The van der Waals surface area contributed by atoms with Gasteiger partial charge < -0.3 is 14.7 Å². The minimum absolute atomic E-state index is 0.0467. The van der Waals surface area contributed by atoms with Gasteiger partial charge in [-0.2, -0.15) is 4.31 Å². The number of piperidine rings is 1. The van der Waals surface area contributed by atoms with Gasteiger partial charge in [-0.1, -0.05) is 18.2 Å². The predicted octanol–water partition coefficient (Wildman–Crippen LogP) is 0.912. The molecule has 3 fully saturated rings. The highest BCUT2D eigenvalue weighted by molar-refractivity contribution is 7.89. The number of nitrogens with zero attached hydrogens (tertiary/aromatic N) is 4. The summed E-state index contributed by atoms with van der Waals surface area (Å²) in [7, 11) is 1.73. The van der Waals surface area contributed by atoms with Gasteiger partial charge in [0.1, 0.15) is 0 Å². The van der Waals surface area contributed by atoms with E-state index in [2.05, 4.69) is 0 Å². The number of benzene rings is 1. The van der Waals surface area contributed by atoms with Crippen molar-refractivity contribution < 1.29 is 18.0 Å². The molecule has 1 aromatic rings. The Bertz CT molecular complexity index is 910. The van der Waals surface area contributed by atoms with Gasteiger partial charge in [-0.25, -0.2) is 13.2 Å². The molecule has 0 radical (unpaired) electrons. The highest BCUT2D eigenvalue weighted by Gasteiger charge is 2.61. The molecular weight excluding hydrogens is 392 g/mol. The van der Waals surface area contributed by atoms with E-state index in [-0.39, 0.29) is 29.3 Å². The summed E-state index contributed by atoms with van der Waals surface area (Å²) >= 11 is 0. The Kier molecular flexibility index (Phi) is 4.85. The second-order valence-electron chi connectivity index (χ2n) is 8.51. The Morgan fingerprint density at radius 3 is 2.31 bits per heavy atom. The number of fused-ring (bicyclic) bond motifs is 2. The van der Waals surface area contributed by atoms with E-state index in [1.54, 1.807) is 49.3 Å². The first-order valence-corrected chi connectivity index (χ1v) is 11.4. The highest BCUT2D eigenvalue weighted by atomic mass is 32.2. The lowest BCUT2D eigenvalue weighted by Gasteiger charge is -2.46. The Labute approximate surface area is 172 Å². The number of urea groups is 1. The summed E-state index contributed by atoms with van der Waals surface area (Å²) in [5.74, 6) is -0.0740. The first-order chi connectivity index (χ1) is 13.7. The zero-order chi connectivity index (χ0) is 21.0. The zero-order valence-electron chi connectivity index (χ0n) is 17.1. The molecule has 3 saturated heterocycles. The molecular formula is C20H28N4O4S.